The lowest BCUT2D eigenvalue weighted by Gasteiger charge is -2.15. The molecular weight excluding hydrogens is 231 g/mol. The Kier molecular flexibility index (Phi) is 5.82. The molecule has 0 heterocycles. The van der Waals surface area contributed by atoms with Crippen LogP contribution in [0.4, 0.5) is 4.39 Å². The van der Waals surface area contributed by atoms with Crippen molar-refractivity contribution in [3.05, 3.63) is 29.6 Å². The molecule has 0 aliphatic carbocycles. The molecule has 1 aromatic carbocycles. The number of halogens is 2. The molecular formula is C11H16ClFN2O. The van der Waals surface area contributed by atoms with Crippen molar-refractivity contribution in [2.75, 3.05) is 0 Å². The van der Waals surface area contributed by atoms with Gasteiger partial charge in [-0.25, -0.2) is 4.39 Å². The first-order valence-corrected chi connectivity index (χ1v) is 4.85. The summed E-state index contributed by atoms with van der Waals surface area (Å²) >= 11 is 0. The smallest absolute Gasteiger partial charge is 0.137 e. The van der Waals surface area contributed by atoms with E-state index in [1.807, 2.05) is 13.8 Å². The summed E-state index contributed by atoms with van der Waals surface area (Å²) in [5.41, 5.74) is 5.34. The van der Waals surface area contributed by atoms with Crippen molar-refractivity contribution in [1.29, 1.82) is 5.41 Å². The fourth-order valence-electron chi connectivity index (χ4n) is 1.16. The van der Waals surface area contributed by atoms with Crippen LogP contribution in [0, 0.1) is 11.2 Å². The first-order chi connectivity index (χ1) is 7.06. The van der Waals surface area contributed by atoms with Gasteiger partial charge in [0.25, 0.3) is 0 Å². The third-order valence-electron chi connectivity index (χ3n) is 2.15. The number of rotatable bonds is 4. The molecule has 0 saturated heterocycles. The summed E-state index contributed by atoms with van der Waals surface area (Å²) in [6.07, 6.45) is 0.790. The van der Waals surface area contributed by atoms with Crippen LogP contribution in [-0.2, 0) is 0 Å². The Balaban J connectivity index is 0.00000225. The Morgan fingerprint density at radius 2 is 2.19 bits per heavy atom. The minimum absolute atomic E-state index is 0. The molecule has 3 N–H and O–H groups in total. The molecule has 1 atom stereocenters. The van der Waals surface area contributed by atoms with Crippen LogP contribution in [0.2, 0.25) is 0 Å². The van der Waals surface area contributed by atoms with Gasteiger partial charge in [0.05, 0.1) is 11.7 Å². The Morgan fingerprint density at radius 1 is 1.56 bits per heavy atom. The van der Waals surface area contributed by atoms with E-state index in [0.29, 0.717) is 5.75 Å². The molecule has 0 amide bonds. The third-order valence-corrected chi connectivity index (χ3v) is 2.15. The Labute approximate surface area is 101 Å². The highest BCUT2D eigenvalue weighted by Gasteiger charge is 2.13. The topological polar surface area (TPSA) is 59.1 Å². The zero-order valence-corrected chi connectivity index (χ0v) is 10.1. The van der Waals surface area contributed by atoms with Gasteiger partial charge in [-0.05, 0) is 25.5 Å². The standard InChI is InChI=1S/C11H15FN2O.ClH/c1-3-7(2)15-9-6-4-5-8(12)10(9)11(13)14;/h4-7H,3H2,1-2H3,(H3,13,14);1H. The quantitative estimate of drug-likeness (QED) is 0.634. The molecule has 0 aromatic heterocycles. The van der Waals surface area contributed by atoms with Gasteiger partial charge in [0.15, 0.2) is 0 Å². The number of nitrogen functional groups attached to an aromatic ring is 1. The van der Waals surface area contributed by atoms with E-state index in [1.165, 1.54) is 6.07 Å². The second-order valence-corrected chi connectivity index (χ2v) is 3.36. The van der Waals surface area contributed by atoms with Crippen LogP contribution in [0.3, 0.4) is 0 Å². The summed E-state index contributed by atoms with van der Waals surface area (Å²) < 4.78 is 18.8. The highest BCUT2D eigenvalue weighted by molar-refractivity contribution is 5.97. The summed E-state index contributed by atoms with van der Waals surface area (Å²) in [6.45, 7) is 3.85. The summed E-state index contributed by atoms with van der Waals surface area (Å²) in [6, 6.07) is 4.42. The number of hydrogen-bond donors (Lipinski definition) is 2. The first-order valence-electron chi connectivity index (χ1n) is 4.85. The molecule has 0 spiro atoms. The number of amidine groups is 1. The van der Waals surface area contributed by atoms with E-state index < -0.39 is 5.82 Å². The fraction of sp³-hybridized carbons (Fsp3) is 0.364. The largest absolute Gasteiger partial charge is 0.490 e. The van der Waals surface area contributed by atoms with E-state index in [1.54, 1.807) is 12.1 Å². The van der Waals surface area contributed by atoms with Crippen molar-refractivity contribution in [1.82, 2.24) is 0 Å². The maximum absolute atomic E-state index is 13.4. The second-order valence-electron chi connectivity index (χ2n) is 3.36. The van der Waals surface area contributed by atoms with Crippen LogP contribution in [0.25, 0.3) is 0 Å². The molecule has 0 saturated carbocycles. The lowest BCUT2D eigenvalue weighted by molar-refractivity contribution is 0.216. The Bertz CT molecular complexity index is 371. The van der Waals surface area contributed by atoms with Gasteiger partial charge in [0.1, 0.15) is 17.4 Å². The van der Waals surface area contributed by atoms with Crippen LogP contribution in [0.15, 0.2) is 18.2 Å². The molecule has 1 unspecified atom stereocenters. The fourth-order valence-corrected chi connectivity index (χ4v) is 1.16. The van der Waals surface area contributed by atoms with Gasteiger partial charge in [0, 0.05) is 0 Å². The van der Waals surface area contributed by atoms with Crippen LogP contribution < -0.4 is 10.5 Å². The monoisotopic (exact) mass is 246 g/mol. The Morgan fingerprint density at radius 3 is 2.69 bits per heavy atom. The zero-order chi connectivity index (χ0) is 11.4. The summed E-state index contributed by atoms with van der Waals surface area (Å²) in [4.78, 5) is 0. The first kappa shape index (κ1) is 14.7. The van der Waals surface area contributed by atoms with Gasteiger partial charge >= 0.3 is 0 Å². The van der Waals surface area contributed by atoms with Gasteiger partial charge in [-0.2, -0.15) is 0 Å². The van der Waals surface area contributed by atoms with E-state index >= 15 is 0 Å². The Hall–Kier alpha value is -1.29. The normalized spacial score (nSPS) is 11.4. The van der Waals surface area contributed by atoms with Gasteiger partial charge in [-0.15, -0.1) is 12.4 Å². The minimum Gasteiger partial charge on any atom is -0.490 e. The molecule has 0 fully saturated rings. The molecule has 3 nitrogen and oxygen atoms in total. The van der Waals surface area contributed by atoms with Gasteiger partial charge in [-0.1, -0.05) is 13.0 Å². The van der Waals surface area contributed by atoms with Crippen molar-refractivity contribution in [2.24, 2.45) is 5.73 Å². The summed E-state index contributed by atoms with van der Waals surface area (Å²) in [5.74, 6) is -0.508. The van der Waals surface area contributed by atoms with Crippen molar-refractivity contribution in [3.63, 3.8) is 0 Å². The van der Waals surface area contributed by atoms with Crippen molar-refractivity contribution in [2.45, 2.75) is 26.4 Å². The van der Waals surface area contributed by atoms with Gasteiger partial charge in [-0.3, -0.25) is 5.41 Å². The van der Waals surface area contributed by atoms with Crippen molar-refractivity contribution < 1.29 is 9.13 Å². The number of nitrogens with one attached hydrogen (secondary N) is 1. The average molecular weight is 247 g/mol. The van der Waals surface area contributed by atoms with E-state index in [-0.39, 0.29) is 29.9 Å². The molecule has 0 radical (unpaired) electrons. The molecule has 1 rings (SSSR count). The van der Waals surface area contributed by atoms with Crippen LogP contribution >= 0.6 is 12.4 Å². The lowest BCUT2D eigenvalue weighted by Crippen LogP contribution is -2.18. The number of benzene rings is 1. The third kappa shape index (κ3) is 3.38. The molecule has 0 bridgehead atoms. The van der Waals surface area contributed by atoms with Gasteiger partial charge in [0.2, 0.25) is 0 Å². The molecule has 5 heteroatoms. The molecule has 0 aliphatic heterocycles. The minimum atomic E-state index is -0.525. The van der Waals surface area contributed by atoms with Crippen LogP contribution in [-0.4, -0.2) is 11.9 Å². The number of hydrogen-bond acceptors (Lipinski definition) is 2. The molecule has 0 aliphatic rings. The van der Waals surface area contributed by atoms with E-state index in [2.05, 4.69) is 0 Å². The summed E-state index contributed by atoms with van der Waals surface area (Å²) in [7, 11) is 0. The van der Waals surface area contributed by atoms with Crippen molar-refractivity contribution in [3.8, 4) is 5.75 Å². The van der Waals surface area contributed by atoms with Crippen LogP contribution in [0.1, 0.15) is 25.8 Å². The van der Waals surface area contributed by atoms with Crippen molar-refractivity contribution >= 4 is 18.2 Å². The average Bonchev–Trinajstić information content (AvgIpc) is 2.17. The number of nitrogens with two attached hydrogens (primary N) is 1. The summed E-state index contributed by atoms with van der Waals surface area (Å²) in [5, 5.41) is 7.28. The molecule has 1 aromatic rings. The SMILES string of the molecule is CCC(C)Oc1cccc(F)c1C(=N)N.Cl. The van der Waals surface area contributed by atoms with E-state index in [9.17, 15) is 4.39 Å². The highest BCUT2D eigenvalue weighted by Crippen LogP contribution is 2.22. The number of ether oxygens (including phenoxy) is 1. The predicted octanol–water partition coefficient (Wildman–Crippen LogP) is 2.71. The highest BCUT2D eigenvalue weighted by atomic mass is 35.5. The van der Waals surface area contributed by atoms with Gasteiger partial charge < -0.3 is 10.5 Å². The van der Waals surface area contributed by atoms with E-state index in [0.717, 1.165) is 6.42 Å². The lowest BCUT2D eigenvalue weighted by atomic mass is 10.1. The maximum Gasteiger partial charge on any atom is 0.137 e. The predicted molar refractivity (Wildman–Crippen MR) is 65.0 cm³/mol. The molecule has 16 heavy (non-hydrogen) atoms. The van der Waals surface area contributed by atoms with Crippen LogP contribution in [0.5, 0.6) is 5.75 Å². The molecule has 90 valence electrons. The van der Waals surface area contributed by atoms with E-state index in [4.69, 9.17) is 15.9 Å². The second kappa shape index (κ2) is 6.33. The maximum atomic E-state index is 13.4. The zero-order valence-electron chi connectivity index (χ0n) is 9.29.